The van der Waals surface area contributed by atoms with Crippen molar-refractivity contribution in [2.24, 2.45) is 0 Å². The Hall–Kier alpha value is -2.41. The van der Waals surface area contributed by atoms with Gasteiger partial charge in [-0.25, -0.2) is 4.98 Å². The van der Waals surface area contributed by atoms with E-state index in [1.807, 2.05) is 24.3 Å². The highest BCUT2D eigenvalue weighted by atomic mass is 32.1. The average Bonchev–Trinajstić information content (AvgIpc) is 2.95. The molecule has 0 atom stereocenters. The minimum absolute atomic E-state index is 0.138. The molecular weight excluding hydrogens is 337 g/mol. The number of halogens is 3. The number of thiazole rings is 1. The topological polar surface area (TPSA) is 42.0 Å². The molecule has 0 aliphatic rings. The van der Waals surface area contributed by atoms with Gasteiger partial charge in [-0.2, -0.15) is 13.2 Å². The molecule has 3 nitrogen and oxygen atoms in total. The van der Waals surface area contributed by atoms with Gasteiger partial charge in [0, 0.05) is 18.5 Å². The molecule has 0 radical (unpaired) electrons. The lowest BCUT2D eigenvalue weighted by Gasteiger charge is -2.09. The van der Waals surface area contributed by atoms with Crippen molar-refractivity contribution >= 4 is 33.1 Å². The number of nitrogens with zero attached hydrogens (tertiary/aromatic N) is 1. The summed E-state index contributed by atoms with van der Waals surface area (Å²) in [5.41, 5.74) is 0.237. The molecule has 0 aliphatic heterocycles. The van der Waals surface area contributed by atoms with Crippen molar-refractivity contribution in [1.82, 2.24) is 4.98 Å². The zero-order valence-electron chi connectivity index (χ0n) is 12.4. The van der Waals surface area contributed by atoms with Crippen LogP contribution in [0.25, 0.3) is 10.2 Å². The standard InChI is InChI=1S/C17H13F3N2OS/c18-17(19,20)11-4-3-5-12(10-11)21-15(23)8-9-16-22-13-6-1-2-7-14(13)24-16/h1-7,10H,8-9H2,(H,21,23). The molecule has 3 rings (SSSR count). The van der Waals surface area contributed by atoms with Crippen molar-refractivity contribution in [1.29, 1.82) is 0 Å². The van der Waals surface area contributed by atoms with E-state index in [4.69, 9.17) is 0 Å². The summed E-state index contributed by atoms with van der Waals surface area (Å²) in [5.74, 6) is -0.339. The number of para-hydroxylation sites is 1. The summed E-state index contributed by atoms with van der Waals surface area (Å²) in [6, 6.07) is 12.3. The van der Waals surface area contributed by atoms with Crippen LogP contribution in [0.5, 0.6) is 0 Å². The molecule has 7 heteroatoms. The second kappa shape index (κ2) is 6.60. The third kappa shape index (κ3) is 3.91. The maximum Gasteiger partial charge on any atom is 0.416 e. The number of carbonyl (C=O) groups excluding carboxylic acids is 1. The van der Waals surface area contributed by atoms with Gasteiger partial charge < -0.3 is 5.32 Å². The van der Waals surface area contributed by atoms with E-state index in [2.05, 4.69) is 10.3 Å². The van der Waals surface area contributed by atoms with Crippen molar-refractivity contribution in [2.45, 2.75) is 19.0 Å². The summed E-state index contributed by atoms with van der Waals surface area (Å²) in [4.78, 5) is 16.4. The van der Waals surface area contributed by atoms with Gasteiger partial charge in [0.2, 0.25) is 5.91 Å². The van der Waals surface area contributed by atoms with Crippen LogP contribution >= 0.6 is 11.3 Å². The molecule has 0 bridgehead atoms. The third-order valence-corrected chi connectivity index (χ3v) is 4.47. The van der Waals surface area contributed by atoms with Crippen LogP contribution in [0.2, 0.25) is 0 Å². The Morgan fingerprint density at radius 2 is 1.92 bits per heavy atom. The molecule has 0 unspecified atom stereocenters. The molecular formula is C17H13F3N2OS. The molecule has 1 heterocycles. The lowest BCUT2D eigenvalue weighted by Crippen LogP contribution is -2.13. The van der Waals surface area contributed by atoms with Crippen molar-refractivity contribution < 1.29 is 18.0 Å². The number of fused-ring (bicyclic) bond motifs is 1. The number of nitrogens with one attached hydrogen (secondary N) is 1. The molecule has 0 aliphatic carbocycles. The zero-order valence-corrected chi connectivity index (χ0v) is 13.2. The van der Waals surface area contributed by atoms with Gasteiger partial charge in [0.05, 0.1) is 20.8 Å². The Bertz CT molecular complexity index is 840. The van der Waals surface area contributed by atoms with Crippen LogP contribution in [-0.4, -0.2) is 10.9 Å². The van der Waals surface area contributed by atoms with Crippen LogP contribution in [-0.2, 0) is 17.4 Å². The first-order valence-corrected chi connectivity index (χ1v) is 8.05. The normalized spacial score (nSPS) is 11.6. The molecule has 0 fully saturated rings. The lowest BCUT2D eigenvalue weighted by molar-refractivity contribution is -0.137. The quantitative estimate of drug-likeness (QED) is 0.728. The Labute approximate surface area is 140 Å². The van der Waals surface area contributed by atoms with E-state index >= 15 is 0 Å². The highest BCUT2D eigenvalue weighted by Crippen LogP contribution is 2.30. The Balaban J connectivity index is 1.61. The van der Waals surface area contributed by atoms with Crippen LogP contribution in [0.15, 0.2) is 48.5 Å². The minimum Gasteiger partial charge on any atom is -0.326 e. The van der Waals surface area contributed by atoms with E-state index < -0.39 is 11.7 Å². The molecule has 0 saturated heterocycles. The van der Waals surface area contributed by atoms with Crippen molar-refractivity contribution in [3.05, 3.63) is 59.1 Å². The van der Waals surface area contributed by atoms with Gasteiger partial charge >= 0.3 is 6.18 Å². The van der Waals surface area contributed by atoms with Gasteiger partial charge in [0.25, 0.3) is 0 Å². The van der Waals surface area contributed by atoms with Crippen molar-refractivity contribution in [3.63, 3.8) is 0 Å². The fourth-order valence-electron chi connectivity index (χ4n) is 2.24. The van der Waals surface area contributed by atoms with E-state index in [9.17, 15) is 18.0 Å². The average molecular weight is 350 g/mol. The number of aryl methyl sites for hydroxylation is 1. The van der Waals surface area contributed by atoms with Crippen LogP contribution in [0, 0.1) is 0 Å². The number of alkyl halides is 3. The number of hydrogen-bond donors (Lipinski definition) is 1. The van der Waals surface area contributed by atoms with Crippen LogP contribution < -0.4 is 5.32 Å². The monoisotopic (exact) mass is 350 g/mol. The first-order valence-electron chi connectivity index (χ1n) is 7.23. The van der Waals surface area contributed by atoms with E-state index in [-0.39, 0.29) is 18.0 Å². The molecule has 3 aromatic rings. The number of rotatable bonds is 4. The maximum absolute atomic E-state index is 12.7. The molecule has 2 aromatic carbocycles. The van der Waals surface area contributed by atoms with Gasteiger partial charge in [-0.3, -0.25) is 4.79 Å². The second-order valence-corrected chi connectivity index (χ2v) is 6.32. The smallest absolute Gasteiger partial charge is 0.326 e. The summed E-state index contributed by atoms with van der Waals surface area (Å²) in [5, 5.41) is 3.33. The van der Waals surface area contributed by atoms with Gasteiger partial charge in [0.15, 0.2) is 0 Å². The van der Waals surface area contributed by atoms with E-state index in [0.717, 1.165) is 27.4 Å². The summed E-state index contributed by atoms with van der Waals surface area (Å²) in [7, 11) is 0. The maximum atomic E-state index is 12.7. The highest BCUT2D eigenvalue weighted by Gasteiger charge is 2.30. The number of hydrogen-bond acceptors (Lipinski definition) is 3. The largest absolute Gasteiger partial charge is 0.416 e. The van der Waals surface area contributed by atoms with Crippen LogP contribution in [0.4, 0.5) is 18.9 Å². The second-order valence-electron chi connectivity index (χ2n) is 5.20. The number of amides is 1. The zero-order chi connectivity index (χ0) is 17.2. The third-order valence-electron chi connectivity index (χ3n) is 3.38. The molecule has 0 spiro atoms. The Kier molecular flexibility index (Phi) is 4.53. The Morgan fingerprint density at radius 3 is 2.67 bits per heavy atom. The number of aromatic nitrogens is 1. The SMILES string of the molecule is O=C(CCc1nc2ccccc2s1)Nc1cccc(C(F)(F)F)c1. The molecule has 0 saturated carbocycles. The summed E-state index contributed by atoms with van der Waals surface area (Å²) in [6.45, 7) is 0. The highest BCUT2D eigenvalue weighted by molar-refractivity contribution is 7.18. The minimum atomic E-state index is -4.43. The molecule has 1 N–H and O–H groups in total. The van der Waals surface area contributed by atoms with Gasteiger partial charge in [-0.1, -0.05) is 18.2 Å². The predicted octanol–water partition coefficient (Wildman–Crippen LogP) is 4.89. The number of carbonyl (C=O) groups is 1. The van der Waals surface area contributed by atoms with E-state index in [0.29, 0.717) is 6.42 Å². The van der Waals surface area contributed by atoms with Gasteiger partial charge in [-0.05, 0) is 30.3 Å². The fourth-order valence-corrected chi connectivity index (χ4v) is 3.21. The summed E-state index contributed by atoms with van der Waals surface area (Å²) < 4.78 is 39.0. The summed E-state index contributed by atoms with van der Waals surface area (Å²) >= 11 is 1.51. The molecule has 124 valence electrons. The fraction of sp³-hybridized carbons (Fsp3) is 0.176. The van der Waals surface area contributed by atoms with Crippen LogP contribution in [0.3, 0.4) is 0 Å². The predicted molar refractivity (Wildman–Crippen MR) is 88.0 cm³/mol. The first-order chi connectivity index (χ1) is 11.4. The molecule has 1 amide bonds. The number of anilines is 1. The lowest BCUT2D eigenvalue weighted by atomic mass is 10.2. The molecule has 24 heavy (non-hydrogen) atoms. The van der Waals surface area contributed by atoms with Gasteiger partial charge in [-0.15, -0.1) is 11.3 Å². The van der Waals surface area contributed by atoms with Crippen LogP contribution in [0.1, 0.15) is 17.0 Å². The van der Waals surface area contributed by atoms with Gasteiger partial charge in [0.1, 0.15) is 0 Å². The van der Waals surface area contributed by atoms with Crippen molar-refractivity contribution in [3.8, 4) is 0 Å². The van der Waals surface area contributed by atoms with E-state index in [1.54, 1.807) is 0 Å². The summed E-state index contributed by atoms with van der Waals surface area (Å²) in [6.07, 6.45) is -3.82. The first kappa shape index (κ1) is 16.4. The van der Waals surface area contributed by atoms with Crippen molar-refractivity contribution in [2.75, 3.05) is 5.32 Å². The molecule has 1 aromatic heterocycles. The van der Waals surface area contributed by atoms with E-state index in [1.165, 1.54) is 23.5 Å². The Morgan fingerprint density at radius 1 is 1.12 bits per heavy atom. The number of benzene rings is 2.